The van der Waals surface area contributed by atoms with Crippen molar-refractivity contribution < 1.29 is 9.84 Å². The van der Waals surface area contributed by atoms with Crippen LogP contribution in [0.5, 0.6) is 0 Å². The number of hydrogen-bond acceptors (Lipinski definition) is 4. The van der Waals surface area contributed by atoms with Gasteiger partial charge in [0.05, 0.1) is 6.61 Å². The number of anilines is 1. The van der Waals surface area contributed by atoms with Gasteiger partial charge in [-0.05, 0) is 44.4 Å². The maximum absolute atomic E-state index is 9.05. The molecule has 0 bridgehead atoms. The summed E-state index contributed by atoms with van der Waals surface area (Å²) in [6.45, 7) is 10.1. The van der Waals surface area contributed by atoms with Gasteiger partial charge in [0.1, 0.15) is 0 Å². The molecule has 0 aliphatic rings. The standard InChI is InChI=1S/C17H30N2O2/c1-14(2)19(9-5-10-20)17-7-6-16(12-15(17)3)13-18-8-11-21-4/h6-7,12,14,18,20H,5,8-11,13H2,1-4H3. The predicted octanol–water partition coefficient (Wildman–Crippen LogP) is 2.33. The van der Waals surface area contributed by atoms with Crippen LogP contribution in [-0.2, 0) is 11.3 Å². The van der Waals surface area contributed by atoms with E-state index < -0.39 is 0 Å². The van der Waals surface area contributed by atoms with Crippen molar-refractivity contribution in [2.24, 2.45) is 0 Å². The molecule has 1 aromatic rings. The third-order valence-electron chi connectivity index (χ3n) is 3.56. The van der Waals surface area contributed by atoms with Gasteiger partial charge in [-0.1, -0.05) is 12.1 Å². The highest BCUT2D eigenvalue weighted by atomic mass is 16.5. The second kappa shape index (κ2) is 9.77. The quantitative estimate of drug-likeness (QED) is 0.650. The first-order valence-electron chi connectivity index (χ1n) is 7.76. The molecular weight excluding hydrogens is 264 g/mol. The van der Waals surface area contributed by atoms with Crippen LogP contribution in [0.1, 0.15) is 31.4 Å². The molecule has 120 valence electrons. The second-order valence-corrected chi connectivity index (χ2v) is 5.65. The van der Waals surface area contributed by atoms with E-state index in [4.69, 9.17) is 9.84 Å². The van der Waals surface area contributed by atoms with Crippen molar-refractivity contribution >= 4 is 5.69 Å². The molecule has 21 heavy (non-hydrogen) atoms. The van der Waals surface area contributed by atoms with Crippen LogP contribution in [-0.4, -0.2) is 44.6 Å². The summed E-state index contributed by atoms with van der Waals surface area (Å²) in [5.74, 6) is 0. The highest BCUT2D eigenvalue weighted by Gasteiger charge is 2.12. The molecule has 0 aliphatic heterocycles. The van der Waals surface area contributed by atoms with Gasteiger partial charge in [0, 0.05) is 45.1 Å². The van der Waals surface area contributed by atoms with Crippen molar-refractivity contribution in [1.82, 2.24) is 5.32 Å². The Bertz CT molecular complexity index is 408. The lowest BCUT2D eigenvalue weighted by atomic mass is 10.1. The molecule has 1 aromatic carbocycles. The lowest BCUT2D eigenvalue weighted by Gasteiger charge is -2.30. The number of aryl methyl sites for hydroxylation is 1. The number of hydrogen-bond donors (Lipinski definition) is 2. The number of benzene rings is 1. The Morgan fingerprint density at radius 2 is 2.10 bits per heavy atom. The second-order valence-electron chi connectivity index (χ2n) is 5.65. The average molecular weight is 294 g/mol. The summed E-state index contributed by atoms with van der Waals surface area (Å²) >= 11 is 0. The third-order valence-corrected chi connectivity index (χ3v) is 3.56. The largest absolute Gasteiger partial charge is 0.396 e. The van der Waals surface area contributed by atoms with Gasteiger partial charge >= 0.3 is 0 Å². The summed E-state index contributed by atoms with van der Waals surface area (Å²) in [5, 5.41) is 12.4. The van der Waals surface area contributed by atoms with Gasteiger partial charge in [-0.25, -0.2) is 0 Å². The zero-order chi connectivity index (χ0) is 15.7. The Kier molecular flexibility index (Phi) is 8.35. The summed E-state index contributed by atoms with van der Waals surface area (Å²) < 4.78 is 5.03. The zero-order valence-electron chi connectivity index (χ0n) is 13.9. The van der Waals surface area contributed by atoms with E-state index >= 15 is 0 Å². The molecule has 0 amide bonds. The van der Waals surface area contributed by atoms with Gasteiger partial charge < -0.3 is 20.1 Å². The van der Waals surface area contributed by atoms with E-state index in [1.54, 1.807) is 7.11 Å². The Morgan fingerprint density at radius 3 is 2.67 bits per heavy atom. The van der Waals surface area contributed by atoms with E-state index in [-0.39, 0.29) is 6.61 Å². The van der Waals surface area contributed by atoms with Crippen LogP contribution in [0.15, 0.2) is 18.2 Å². The minimum absolute atomic E-state index is 0.240. The van der Waals surface area contributed by atoms with Crippen molar-refractivity contribution in [1.29, 1.82) is 0 Å². The molecule has 4 nitrogen and oxygen atoms in total. The Hall–Kier alpha value is -1.10. The Balaban J connectivity index is 2.70. The van der Waals surface area contributed by atoms with Crippen LogP contribution in [0.2, 0.25) is 0 Å². The lowest BCUT2D eigenvalue weighted by Crippen LogP contribution is -2.32. The van der Waals surface area contributed by atoms with Gasteiger partial charge in [-0.2, -0.15) is 0 Å². The fraction of sp³-hybridized carbons (Fsp3) is 0.647. The van der Waals surface area contributed by atoms with Crippen molar-refractivity contribution in [2.45, 2.75) is 39.8 Å². The van der Waals surface area contributed by atoms with E-state index in [0.29, 0.717) is 6.04 Å². The SMILES string of the molecule is COCCNCc1ccc(N(CCCO)C(C)C)c(C)c1. The normalized spacial score (nSPS) is 11.1. The smallest absolute Gasteiger partial charge is 0.0587 e. The van der Waals surface area contributed by atoms with E-state index in [2.05, 4.69) is 49.2 Å². The molecule has 0 saturated heterocycles. The van der Waals surface area contributed by atoms with Crippen molar-refractivity contribution in [2.75, 3.05) is 38.3 Å². The molecule has 0 fully saturated rings. The van der Waals surface area contributed by atoms with Crippen molar-refractivity contribution in [3.8, 4) is 0 Å². The molecule has 0 heterocycles. The maximum atomic E-state index is 9.05. The third kappa shape index (κ3) is 6.04. The summed E-state index contributed by atoms with van der Waals surface area (Å²) in [6, 6.07) is 7.04. The van der Waals surface area contributed by atoms with Gasteiger partial charge in [0.2, 0.25) is 0 Å². The predicted molar refractivity (Wildman–Crippen MR) is 88.9 cm³/mol. The Morgan fingerprint density at radius 1 is 1.33 bits per heavy atom. The highest BCUT2D eigenvalue weighted by molar-refractivity contribution is 5.55. The van der Waals surface area contributed by atoms with E-state index in [1.807, 2.05) is 0 Å². The molecule has 0 unspecified atom stereocenters. The van der Waals surface area contributed by atoms with Gasteiger partial charge in [-0.3, -0.25) is 0 Å². The van der Waals surface area contributed by atoms with Gasteiger partial charge in [0.15, 0.2) is 0 Å². The molecule has 0 saturated carbocycles. The number of nitrogens with one attached hydrogen (secondary N) is 1. The van der Waals surface area contributed by atoms with Crippen LogP contribution >= 0.6 is 0 Å². The average Bonchev–Trinajstić information content (AvgIpc) is 2.45. The number of aliphatic hydroxyl groups excluding tert-OH is 1. The molecule has 0 aliphatic carbocycles. The first-order valence-corrected chi connectivity index (χ1v) is 7.76. The first-order chi connectivity index (χ1) is 10.1. The van der Waals surface area contributed by atoms with Gasteiger partial charge in [0.25, 0.3) is 0 Å². The molecule has 1 rings (SSSR count). The summed E-state index contributed by atoms with van der Waals surface area (Å²) in [5.41, 5.74) is 3.84. The number of methoxy groups -OCH3 is 1. The van der Waals surface area contributed by atoms with E-state index in [0.717, 1.165) is 32.7 Å². The minimum atomic E-state index is 0.240. The first kappa shape index (κ1) is 18.0. The van der Waals surface area contributed by atoms with Crippen molar-refractivity contribution in [3.05, 3.63) is 29.3 Å². The summed E-state index contributed by atoms with van der Waals surface area (Å²) in [4.78, 5) is 2.35. The molecule has 0 spiro atoms. The lowest BCUT2D eigenvalue weighted by molar-refractivity contribution is 0.199. The van der Waals surface area contributed by atoms with Crippen molar-refractivity contribution in [3.63, 3.8) is 0 Å². The number of rotatable bonds is 10. The number of nitrogens with zero attached hydrogens (tertiary/aromatic N) is 1. The van der Waals surface area contributed by atoms with Crippen LogP contribution in [0, 0.1) is 6.92 Å². The van der Waals surface area contributed by atoms with Crippen LogP contribution in [0.4, 0.5) is 5.69 Å². The fourth-order valence-electron chi connectivity index (χ4n) is 2.45. The monoisotopic (exact) mass is 294 g/mol. The molecule has 2 N–H and O–H groups in total. The zero-order valence-corrected chi connectivity index (χ0v) is 13.9. The highest BCUT2D eigenvalue weighted by Crippen LogP contribution is 2.23. The number of ether oxygens (including phenoxy) is 1. The van der Waals surface area contributed by atoms with E-state index in [9.17, 15) is 0 Å². The van der Waals surface area contributed by atoms with E-state index in [1.165, 1.54) is 16.8 Å². The van der Waals surface area contributed by atoms with Gasteiger partial charge in [-0.15, -0.1) is 0 Å². The minimum Gasteiger partial charge on any atom is -0.396 e. The molecule has 0 radical (unpaired) electrons. The molecule has 0 atom stereocenters. The molecule has 0 aromatic heterocycles. The number of aliphatic hydroxyl groups is 1. The van der Waals surface area contributed by atoms with Crippen LogP contribution in [0.3, 0.4) is 0 Å². The summed E-state index contributed by atoms with van der Waals surface area (Å²) in [6.07, 6.45) is 0.804. The topological polar surface area (TPSA) is 44.7 Å². The van der Waals surface area contributed by atoms with Crippen LogP contribution < -0.4 is 10.2 Å². The molecular formula is C17H30N2O2. The maximum Gasteiger partial charge on any atom is 0.0587 e. The Labute approximate surface area is 129 Å². The summed E-state index contributed by atoms with van der Waals surface area (Å²) in [7, 11) is 1.72. The fourth-order valence-corrected chi connectivity index (χ4v) is 2.45. The molecule has 4 heteroatoms. The van der Waals surface area contributed by atoms with Crippen LogP contribution in [0.25, 0.3) is 0 Å².